The average Bonchev–Trinajstić information content (AvgIpc) is 2.72. The Morgan fingerprint density at radius 3 is 2.65 bits per heavy atom. The summed E-state index contributed by atoms with van der Waals surface area (Å²) < 4.78 is 7.07. The summed E-state index contributed by atoms with van der Waals surface area (Å²) in [5.74, 6) is 0.825. The van der Waals surface area contributed by atoms with Crippen molar-refractivity contribution < 1.29 is 9.53 Å². The van der Waals surface area contributed by atoms with Gasteiger partial charge in [0.05, 0.1) is 24.1 Å². The number of aldehydes is 1. The molecule has 1 aromatic heterocycles. The maximum atomic E-state index is 10.9. The van der Waals surface area contributed by atoms with Gasteiger partial charge in [-0.1, -0.05) is 0 Å². The van der Waals surface area contributed by atoms with Crippen LogP contribution in [0.4, 0.5) is 0 Å². The van der Waals surface area contributed by atoms with E-state index in [2.05, 4.69) is 5.10 Å². The molecule has 0 amide bonds. The van der Waals surface area contributed by atoms with Crippen LogP contribution in [0, 0.1) is 0 Å². The van der Waals surface area contributed by atoms with Crippen molar-refractivity contribution in [3.05, 3.63) is 36.0 Å². The van der Waals surface area contributed by atoms with E-state index >= 15 is 0 Å². The van der Waals surface area contributed by atoms with Crippen LogP contribution in [0.2, 0.25) is 0 Å². The fourth-order valence-electron chi connectivity index (χ4n) is 1.77. The molecule has 4 nitrogen and oxygen atoms in total. The zero-order chi connectivity index (χ0) is 12.3. The van der Waals surface area contributed by atoms with Crippen LogP contribution in [-0.2, 0) is 7.05 Å². The Morgan fingerprint density at radius 2 is 2.06 bits per heavy atom. The van der Waals surface area contributed by atoms with Crippen LogP contribution in [0.5, 0.6) is 5.75 Å². The standard InChI is InChI=1S/C13H14N2O2/c1-3-17-12-6-4-10(5-7-12)13-11(9-16)8-14-15(13)2/h4-9H,3H2,1-2H3. The molecular formula is C13H14N2O2. The smallest absolute Gasteiger partial charge is 0.153 e. The van der Waals surface area contributed by atoms with Gasteiger partial charge in [-0.3, -0.25) is 9.48 Å². The Balaban J connectivity index is 2.39. The summed E-state index contributed by atoms with van der Waals surface area (Å²) >= 11 is 0. The highest BCUT2D eigenvalue weighted by Crippen LogP contribution is 2.24. The topological polar surface area (TPSA) is 44.1 Å². The molecule has 0 saturated carbocycles. The SMILES string of the molecule is CCOc1ccc(-c2c(C=O)cnn2C)cc1. The first-order valence-corrected chi connectivity index (χ1v) is 5.46. The molecule has 4 heteroatoms. The average molecular weight is 230 g/mol. The number of hydrogen-bond donors (Lipinski definition) is 0. The van der Waals surface area contributed by atoms with Crippen LogP contribution in [0.15, 0.2) is 30.5 Å². The molecular weight excluding hydrogens is 216 g/mol. The minimum atomic E-state index is 0.594. The maximum absolute atomic E-state index is 10.9. The zero-order valence-corrected chi connectivity index (χ0v) is 9.88. The van der Waals surface area contributed by atoms with Crippen LogP contribution in [-0.4, -0.2) is 22.7 Å². The van der Waals surface area contributed by atoms with Crippen molar-refractivity contribution in [2.75, 3.05) is 6.61 Å². The van der Waals surface area contributed by atoms with Gasteiger partial charge in [-0.15, -0.1) is 0 Å². The second-order valence-electron chi connectivity index (χ2n) is 3.65. The number of rotatable bonds is 4. The molecule has 88 valence electrons. The lowest BCUT2D eigenvalue weighted by Crippen LogP contribution is -1.96. The van der Waals surface area contributed by atoms with Gasteiger partial charge < -0.3 is 4.74 Å². The van der Waals surface area contributed by atoms with E-state index in [1.165, 1.54) is 0 Å². The number of aromatic nitrogens is 2. The summed E-state index contributed by atoms with van der Waals surface area (Å²) in [6.45, 7) is 2.59. The van der Waals surface area contributed by atoms with E-state index in [1.807, 2.05) is 38.2 Å². The first-order chi connectivity index (χ1) is 8.26. The largest absolute Gasteiger partial charge is 0.494 e. The van der Waals surface area contributed by atoms with E-state index in [4.69, 9.17) is 4.74 Å². The highest BCUT2D eigenvalue weighted by molar-refractivity contribution is 5.85. The van der Waals surface area contributed by atoms with Gasteiger partial charge in [-0.05, 0) is 31.2 Å². The fraction of sp³-hybridized carbons (Fsp3) is 0.231. The molecule has 0 atom stereocenters. The summed E-state index contributed by atoms with van der Waals surface area (Å²) in [6.07, 6.45) is 2.39. The van der Waals surface area contributed by atoms with Crippen molar-refractivity contribution in [2.45, 2.75) is 6.92 Å². The molecule has 0 spiro atoms. The van der Waals surface area contributed by atoms with Gasteiger partial charge in [0, 0.05) is 12.6 Å². The van der Waals surface area contributed by atoms with Crippen molar-refractivity contribution in [2.24, 2.45) is 7.05 Å². The quantitative estimate of drug-likeness (QED) is 0.757. The van der Waals surface area contributed by atoms with Gasteiger partial charge in [0.15, 0.2) is 6.29 Å². The molecule has 0 aliphatic heterocycles. The summed E-state index contributed by atoms with van der Waals surface area (Å²) in [6, 6.07) is 7.63. The second kappa shape index (κ2) is 4.82. The van der Waals surface area contributed by atoms with E-state index in [-0.39, 0.29) is 0 Å². The van der Waals surface area contributed by atoms with Gasteiger partial charge in [0.2, 0.25) is 0 Å². The predicted molar refractivity (Wildman–Crippen MR) is 65.2 cm³/mol. The Labute approximate surface area is 99.8 Å². The number of nitrogens with zero attached hydrogens (tertiary/aromatic N) is 2. The Kier molecular flexibility index (Phi) is 3.23. The summed E-state index contributed by atoms with van der Waals surface area (Å²) in [7, 11) is 1.82. The van der Waals surface area contributed by atoms with Crippen LogP contribution < -0.4 is 4.74 Å². The second-order valence-corrected chi connectivity index (χ2v) is 3.65. The van der Waals surface area contributed by atoms with E-state index in [9.17, 15) is 4.79 Å². The third kappa shape index (κ3) is 2.20. The number of aryl methyl sites for hydroxylation is 1. The monoisotopic (exact) mass is 230 g/mol. The maximum Gasteiger partial charge on any atom is 0.153 e. The van der Waals surface area contributed by atoms with Gasteiger partial charge >= 0.3 is 0 Å². The van der Waals surface area contributed by atoms with Crippen molar-refractivity contribution in [3.63, 3.8) is 0 Å². The fourth-order valence-corrected chi connectivity index (χ4v) is 1.77. The molecule has 0 fully saturated rings. The van der Waals surface area contributed by atoms with E-state index in [1.54, 1.807) is 10.9 Å². The first-order valence-electron chi connectivity index (χ1n) is 5.46. The minimum Gasteiger partial charge on any atom is -0.494 e. The number of ether oxygens (including phenoxy) is 1. The lowest BCUT2D eigenvalue weighted by molar-refractivity contribution is 0.112. The highest BCUT2D eigenvalue weighted by atomic mass is 16.5. The van der Waals surface area contributed by atoms with Gasteiger partial charge in [0.25, 0.3) is 0 Å². The molecule has 0 bridgehead atoms. The molecule has 0 radical (unpaired) electrons. The molecule has 1 heterocycles. The van der Waals surface area contributed by atoms with Crippen LogP contribution in [0.3, 0.4) is 0 Å². The molecule has 0 saturated heterocycles. The lowest BCUT2D eigenvalue weighted by atomic mass is 10.1. The third-order valence-electron chi connectivity index (χ3n) is 2.53. The number of carbonyl (C=O) groups excluding carboxylic acids is 1. The normalized spacial score (nSPS) is 10.2. The molecule has 0 aliphatic rings. The van der Waals surface area contributed by atoms with Crippen molar-refractivity contribution in [1.29, 1.82) is 0 Å². The van der Waals surface area contributed by atoms with Gasteiger partial charge in [0.1, 0.15) is 5.75 Å². The van der Waals surface area contributed by atoms with Gasteiger partial charge in [-0.2, -0.15) is 5.10 Å². The Hall–Kier alpha value is -2.10. The number of benzene rings is 1. The summed E-state index contributed by atoms with van der Waals surface area (Å²) in [5.41, 5.74) is 2.37. The van der Waals surface area contributed by atoms with Crippen molar-refractivity contribution in [3.8, 4) is 17.0 Å². The molecule has 17 heavy (non-hydrogen) atoms. The van der Waals surface area contributed by atoms with Crippen molar-refractivity contribution >= 4 is 6.29 Å². The highest BCUT2D eigenvalue weighted by Gasteiger charge is 2.09. The molecule has 2 aromatic rings. The number of carbonyl (C=O) groups is 1. The zero-order valence-electron chi connectivity index (χ0n) is 9.88. The van der Waals surface area contributed by atoms with Gasteiger partial charge in [-0.25, -0.2) is 0 Å². The molecule has 1 aromatic carbocycles. The molecule has 2 rings (SSSR count). The molecule has 0 aliphatic carbocycles. The Bertz CT molecular complexity index is 515. The third-order valence-corrected chi connectivity index (χ3v) is 2.53. The first kappa shape index (κ1) is 11.4. The minimum absolute atomic E-state index is 0.594. The predicted octanol–water partition coefficient (Wildman–Crippen LogP) is 2.30. The van der Waals surface area contributed by atoms with E-state index < -0.39 is 0 Å². The summed E-state index contributed by atoms with van der Waals surface area (Å²) in [4.78, 5) is 10.9. The van der Waals surface area contributed by atoms with E-state index in [0.717, 1.165) is 23.3 Å². The van der Waals surface area contributed by atoms with Crippen molar-refractivity contribution in [1.82, 2.24) is 9.78 Å². The summed E-state index contributed by atoms with van der Waals surface area (Å²) in [5, 5.41) is 4.08. The van der Waals surface area contributed by atoms with E-state index in [0.29, 0.717) is 12.2 Å². The molecule has 0 unspecified atom stereocenters. The molecule has 0 N–H and O–H groups in total. The Morgan fingerprint density at radius 1 is 1.35 bits per heavy atom. The van der Waals surface area contributed by atoms with Crippen LogP contribution in [0.25, 0.3) is 11.3 Å². The van der Waals surface area contributed by atoms with Crippen LogP contribution in [0.1, 0.15) is 17.3 Å². The lowest BCUT2D eigenvalue weighted by Gasteiger charge is -2.06. The number of hydrogen-bond acceptors (Lipinski definition) is 3. The van der Waals surface area contributed by atoms with Crippen LogP contribution >= 0.6 is 0 Å².